The first-order chi connectivity index (χ1) is 14.4. The maximum atomic E-state index is 12.0. The molecule has 0 atom stereocenters. The Hall–Kier alpha value is -3.47. The lowest BCUT2D eigenvalue weighted by molar-refractivity contribution is 0.152. The van der Waals surface area contributed by atoms with Gasteiger partial charge < -0.3 is 10.1 Å². The number of carbonyl (C=O) groups is 1. The van der Waals surface area contributed by atoms with Crippen molar-refractivity contribution in [1.82, 2.24) is 33.8 Å². The zero-order valence-corrected chi connectivity index (χ0v) is 17.5. The molecule has 2 N–H and O–H groups in total. The first kappa shape index (κ1) is 18.6. The number of carbonyl (C=O) groups excluding carboxylic acids is 1. The predicted octanol–water partition coefficient (Wildman–Crippen LogP) is 3.36. The molecule has 1 fully saturated rings. The number of aromatic nitrogens is 6. The number of aryl methyl sites for hydroxylation is 1. The van der Waals surface area contributed by atoms with E-state index in [1.54, 1.807) is 17.3 Å². The first-order valence-electron chi connectivity index (χ1n) is 9.41. The van der Waals surface area contributed by atoms with Gasteiger partial charge >= 0.3 is 6.09 Å². The number of cyclic esters (lactones) is 1. The van der Waals surface area contributed by atoms with Crippen LogP contribution in [0.5, 0.6) is 0 Å². The van der Waals surface area contributed by atoms with Gasteiger partial charge in [0.25, 0.3) is 0 Å². The van der Waals surface area contributed by atoms with Crippen LogP contribution >= 0.6 is 11.5 Å². The minimum Gasteiger partial charge on any atom is -0.447 e. The number of nitrogens with zero attached hydrogens (tertiary/aromatic N) is 6. The number of ether oxygens (including phenoxy) is 1. The number of aromatic amines is 1. The zero-order valence-electron chi connectivity index (χ0n) is 16.7. The van der Waals surface area contributed by atoms with Gasteiger partial charge in [-0.1, -0.05) is 0 Å². The van der Waals surface area contributed by atoms with Crippen molar-refractivity contribution in [1.29, 1.82) is 0 Å². The molecule has 11 heteroatoms. The van der Waals surface area contributed by atoms with Crippen LogP contribution in [-0.2, 0) is 11.3 Å². The molecule has 0 radical (unpaired) electrons. The molecule has 1 aliphatic rings. The van der Waals surface area contributed by atoms with Gasteiger partial charge in [-0.15, -0.1) is 0 Å². The Bertz CT molecular complexity index is 1230. The van der Waals surface area contributed by atoms with E-state index in [-0.39, 0.29) is 11.6 Å². The molecule has 1 amide bonds. The van der Waals surface area contributed by atoms with E-state index in [0.29, 0.717) is 24.6 Å². The van der Waals surface area contributed by atoms with Crippen LogP contribution in [0.15, 0.2) is 30.9 Å². The fourth-order valence-electron chi connectivity index (χ4n) is 3.44. The predicted molar refractivity (Wildman–Crippen MR) is 112 cm³/mol. The Morgan fingerprint density at radius 1 is 1.37 bits per heavy atom. The Labute approximate surface area is 176 Å². The highest BCUT2D eigenvalue weighted by Gasteiger charge is 2.40. The maximum Gasteiger partial charge on any atom is 0.410 e. The Morgan fingerprint density at radius 2 is 2.23 bits per heavy atom. The maximum absolute atomic E-state index is 12.0. The summed E-state index contributed by atoms with van der Waals surface area (Å²) >= 11 is 1.32. The average Bonchev–Trinajstić information content (AvgIpc) is 3.46. The molecule has 5 rings (SSSR count). The van der Waals surface area contributed by atoms with Gasteiger partial charge in [-0.05, 0) is 38.4 Å². The summed E-state index contributed by atoms with van der Waals surface area (Å²) in [6.07, 6.45) is 7.01. The third-order valence-electron chi connectivity index (χ3n) is 5.03. The number of anilines is 2. The number of imidazole rings is 1. The van der Waals surface area contributed by atoms with Crippen molar-refractivity contribution in [2.75, 3.05) is 11.9 Å². The second-order valence-electron chi connectivity index (χ2n) is 7.82. The minimum absolute atomic E-state index is 0.311. The molecule has 0 unspecified atom stereocenters. The number of rotatable bonds is 5. The highest BCUT2D eigenvalue weighted by molar-refractivity contribution is 7.10. The van der Waals surface area contributed by atoms with Gasteiger partial charge in [-0.25, -0.2) is 14.8 Å². The van der Waals surface area contributed by atoms with Crippen LogP contribution in [0.3, 0.4) is 0 Å². The van der Waals surface area contributed by atoms with E-state index in [4.69, 9.17) is 4.74 Å². The summed E-state index contributed by atoms with van der Waals surface area (Å²) in [7, 11) is 0. The summed E-state index contributed by atoms with van der Waals surface area (Å²) in [4.78, 5) is 22.9. The smallest absolute Gasteiger partial charge is 0.410 e. The van der Waals surface area contributed by atoms with Gasteiger partial charge in [0.15, 0.2) is 11.5 Å². The van der Waals surface area contributed by atoms with Gasteiger partial charge in [-0.3, -0.25) is 14.4 Å². The first-order valence-corrected chi connectivity index (χ1v) is 10.2. The second-order valence-corrected chi connectivity index (χ2v) is 8.62. The molecule has 30 heavy (non-hydrogen) atoms. The van der Waals surface area contributed by atoms with E-state index in [0.717, 1.165) is 27.6 Å². The van der Waals surface area contributed by atoms with Crippen molar-refractivity contribution >= 4 is 34.1 Å². The van der Waals surface area contributed by atoms with Crippen LogP contribution in [0.2, 0.25) is 0 Å². The highest BCUT2D eigenvalue weighted by atomic mass is 32.1. The molecule has 0 spiro atoms. The van der Waals surface area contributed by atoms with E-state index >= 15 is 0 Å². The molecule has 5 heterocycles. The SMILES string of the molecule is Cc1cn2c(-c3cn[nH]c3)cnc2c(Nc2cc(CN3C(=O)OCC3(C)C)ns2)n1. The summed E-state index contributed by atoms with van der Waals surface area (Å²) in [6.45, 7) is 6.67. The number of hydrogen-bond acceptors (Lipinski definition) is 8. The van der Waals surface area contributed by atoms with Gasteiger partial charge in [0.2, 0.25) is 0 Å². The summed E-state index contributed by atoms with van der Waals surface area (Å²) < 4.78 is 11.6. The molecule has 4 aromatic rings. The third-order valence-corrected chi connectivity index (χ3v) is 5.77. The van der Waals surface area contributed by atoms with Crippen molar-refractivity contribution in [3.05, 3.63) is 42.2 Å². The van der Waals surface area contributed by atoms with E-state index < -0.39 is 0 Å². The van der Waals surface area contributed by atoms with Crippen LogP contribution in [-0.4, -0.2) is 52.1 Å². The molecule has 154 valence electrons. The van der Waals surface area contributed by atoms with Crippen molar-refractivity contribution in [3.8, 4) is 11.3 Å². The second kappa shape index (κ2) is 6.80. The lowest BCUT2D eigenvalue weighted by Crippen LogP contribution is -2.41. The molecule has 10 nitrogen and oxygen atoms in total. The molecular formula is C19H20N8O2S. The fourth-order valence-corrected chi connectivity index (χ4v) is 4.10. The monoisotopic (exact) mass is 424 g/mol. The number of H-pyrrole nitrogens is 1. The Morgan fingerprint density at radius 3 is 2.97 bits per heavy atom. The summed E-state index contributed by atoms with van der Waals surface area (Å²) in [5.74, 6) is 0.640. The van der Waals surface area contributed by atoms with Gasteiger partial charge in [0, 0.05) is 18.0 Å². The number of hydrogen-bond donors (Lipinski definition) is 2. The summed E-state index contributed by atoms with van der Waals surface area (Å²) in [5.41, 5.74) is 3.86. The zero-order chi connectivity index (χ0) is 20.9. The summed E-state index contributed by atoms with van der Waals surface area (Å²) in [6, 6.07) is 1.92. The molecule has 1 aliphatic heterocycles. The molecule has 0 bridgehead atoms. The number of nitrogens with one attached hydrogen (secondary N) is 2. The lowest BCUT2D eigenvalue weighted by atomic mass is 10.1. The molecular weight excluding hydrogens is 404 g/mol. The van der Waals surface area contributed by atoms with Crippen LogP contribution in [0, 0.1) is 6.92 Å². The molecule has 4 aromatic heterocycles. The van der Waals surface area contributed by atoms with Crippen LogP contribution < -0.4 is 5.32 Å². The molecule has 0 aliphatic carbocycles. The Kier molecular flexibility index (Phi) is 4.21. The van der Waals surface area contributed by atoms with Gasteiger partial charge in [0.05, 0.1) is 41.6 Å². The van der Waals surface area contributed by atoms with Crippen molar-refractivity contribution < 1.29 is 9.53 Å². The van der Waals surface area contributed by atoms with Gasteiger partial charge in [-0.2, -0.15) is 9.47 Å². The molecule has 1 saturated heterocycles. The normalized spacial score (nSPS) is 15.7. The number of fused-ring (bicyclic) bond motifs is 1. The largest absolute Gasteiger partial charge is 0.447 e. The van der Waals surface area contributed by atoms with Gasteiger partial charge in [0.1, 0.15) is 11.6 Å². The Balaban J connectivity index is 1.42. The van der Waals surface area contributed by atoms with Crippen molar-refractivity contribution in [2.45, 2.75) is 32.9 Å². The average molecular weight is 424 g/mol. The lowest BCUT2D eigenvalue weighted by Gasteiger charge is -2.26. The molecule has 0 aromatic carbocycles. The van der Waals surface area contributed by atoms with E-state index in [1.807, 2.05) is 43.6 Å². The topological polar surface area (TPSA) is 113 Å². The minimum atomic E-state index is -0.349. The standard InChI is InChI=1S/C19H20N8O2S/c1-11-8-26-14(12-5-21-22-6-12)7-20-17(26)16(23-11)24-15-4-13(25-30-15)9-27-18(28)29-10-19(27,2)3/h4-8H,9-10H2,1-3H3,(H,21,22)(H,23,24). The third kappa shape index (κ3) is 3.16. The fraction of sp³-hybridized carbons (Fsp3) is 0.316. The highest BCUT2D eigenvalue weighted by Crippen LogP contribution is 2.30. The number of amides is 1. The van der Waals surface area contributed by atoms with Crippen LogP contribution in [0.25, 0.3) is 16.9 Å². The quantitative estimate of drug-likeness (QED) is 0.505. The van der Waals surface area contributed by atoms with E-state index in [9.17, 15) is 4.79 Å². The summed E-state index contributed by atoms with van der Waals surface area (Å²) in [5, 5.41) is 11.0. The van der Waals surface area contributed by atoms with Crippen molar-refractivity contribution in [2.24, 2.45) is 0 Å². The van der Waals surface area contributed by atoms with E-state index in [2.05, 4.69) is 29.9 Å². The van der Waals surface area contributed by atoms with Crippen LogP contribution in [0.1, 0.15) is 25.2 Å². The van der Waals surface area contributed by atoms with Crippen molar-refractivity contribution in [3.63, 3.8) is 0 Å². The van der Waals surface area contributed by atoms with E-state index in [1.165, 1.54) is 11.5 Å². The van der Waals surface area contributed by atoms with Crippen LogP contribution in [0.4, 0.5) is 15.6 Å². The molecule has 0 saturated carbocycles.